The van der Waals surface area contributed by atoms with E-state index in [0.29, 0.717) is 6.04 Å². The van der Waals surface area contributed by atoms with Crippen molar-refractivity contribution in [2.24, 2.45) is 18.9 Å². The summed E-state index contributed by atoms with van der Waals surface area (Å²) in [7, 11) is 1.92. The highest BCUT2D eigenvalue weighted by atomic mass is 16.2. The summed E-state index contributed by atoms with van der Waals surface area (Å²) < 4.78 is 1.81. The van der Waals surface area contributed by atoms with Crippen molar-refractivity contribution in [3.05, 3.63) is 18.0 Å². The van der Waals surface area contributed by atoms with Crippen molar-refractivity contribution < 1.29 is 4.79 Å². The Morgan fingerprint density at radius 3 is 3.10 bits per heavy atom. The summed E-state index contributed by atoms with van der Waals surface area (Å²) in [6, 6.07) is 0.428. The number of aryl methyl sites for hydroxylation is 1. The van der Waals surface area contributed by atoms with Crippen LogP contribution >= 0.6 is 0 Å². The lowest BCUT2D eigenvalue weighted by molar-refractivity contribution is -0.125. The molecule has 0 spiro atoms. The number of carbonyl (C=O) groups is 1. The van der Waals surface area contributed by atoms with Crippen molar-refractivity contribution in [2.45, 2.75) is 38.1 Å². The van der Waals surface area contributed by atoms with Crippen LogP contribution in [0.15, 0.2) is 12.4 Å². The van der Waals surface area contributed by atoms with Gasteiger partial charge in [0.05, 0.1) is 12.1 Å². The van der Waals surface area contributed by atoms with E-state index in [2.05, 4.69) is 22.7 Å². The first-order valence-electron chi connectivity index (χ1n) is 7.68. The zero-order valence-corrected chi connectivity index (χ0v) is 12.3. The molecule has 1 aromatic rings. The normalized spacial score (nSPS) is 32.3. The molecule has 1 aliphatic carbocycles. The second-order valence-corrected chi connectivity index (χ2v) is 6.22. The maximum atomic E-state index is 12.5. The Morgan fingerprint density at radius 2 is 2.40 bits per heavy atom. The molecule has 2 aliphatic rings. The minimum absolute atomic E-state index is 0.0436. The van der Waals surface area contributed by atoms with E-state index in [4.69, 9.17) is 0 Å². The lowest BCUT2D eigenvalue weighted by Gasteiger charge is -2.17. The standard InChI is InChI=1S/C15H24N4O/c1-3-4-10-5-14(10)18-15(20)13-8-16-7-12(13)11-6-17-19(2)9-11/h6,9-10,12-14,16H,3-5,7-8H2,1-2H3,(H,18,20)/t10?,12-,13+,14?/m1/s1. The second-order valence-electron chi connectivity index (χ2n) is 6.22. The predicted octanol–water partition coefficient (Wildman–Crippen LogP) is 1.03. The molecule has 0 aromatic carbocycles. The molecule has 1 amide bonds. The minimum Gasteiger partial charge on any atom is -0.353 e. The SMILES string of the molecule is CCCC1CC1NC(=O)[C@H]1CNC[C@@H]1c1cnn(C)c1. The van der Waals surface area contributed by atoms with Crippen LogP contribution in [0, 0.1) is 11.8 Å². The fourth-order valence-electron chi connectivity index (χ4n) is 3.34. The summed E-state index contributed by atoms with van der Waals surface area (Å²) in [6.45, 7) is 3.85. The van der Waals surface area contributed by atoms with Crippen molar-refractivity contribution in [1.29, 1.82) is 0 Å². The average molecular weight is 276 g/mol. The Balaban J connectivity index is 1.59. The molecule has 1 aliphatic heterocycles. The number of nitrogens with zero attached hydrogens (tertiary/aromatic N) is 2. The van der Waals surface area contributed by atoms with Gasteiger partial charge in [0.1, 0.15) is 0 Å². The van der Waals surface area contributed by atoms with Gasteiger partial charge in [-0.1, -0.05) is 13.3 Å². The smallest absolute Gasteiger partial charge is 0.225 e. The van der Waals surface area contributed by atoms with Crippen LogP contribution in [0.3, 0.4) is 0 Å². The van der Waals surface area contributed by atoms with Crippen molar-refractivity contribution >= 4 is 5.91 Å². The number of aromatic nitrogens is 2. The topological polar surface area (TPSA) is 59.0 Å². The van der Waals surface area contributed by atoms with Crippen LogP contribution < -0.4 is 10.6 Å². The van der Waals surface area contributed by atoms with Gasteiger partial charge in [0.25, 0.3) is 0 Å². The number of nitrogens with one attached hydrogen (secondary N) is 2. The van der Waals surface area contributed by atoms with E-state index in [0.717, 1.165) is 25.4 Å². The molecule has 110 valence electrons. The maximum Gasteiger partial charge on any atom is 0.225 e. The van der Waals surface area contributed by atoms with Gasteiger partial charge >= 0.3 is 0 Å². The van der Waals surface area contributed by atoms with E-state index in [1.165, 1.54) is 18.4 Å². The first-order valence-corrected chi connectivity index (χ1v) is 7.68. The average Bonchev–Trinajstić information content (AvgIpc) is 2.83. The van der Waals surface area contributed by atoms with Gasteiger partial charge in [-0.15, -0.1) is 0 Å². The van der Waals surface area contributed by atoms with Crippen LogP contribution in [0.1, 0.15) is 37.7 Å². The molecule has 2 fully saturated rings. The summed E-state index contributed by atoms with van der Waals surface area (Å²) in [5, 5.41) is 10.8. The molecular weight excluding hydrogens is 252 g/mol. The highest BCUT2D eigenvalue weighted by Crippen LogP contribution is 2.36. The van der Waals surface area contributed by atoms with Crippen molar-refractivity contribution in [3.8, 4) is 0 Å². The Morgan fingerprint density at radius 1 is 1.55 bits per heavy atom. The largest absolute Gasteiger partial charge is 0.353 e. The molecule has 5 nitrogen and oxygen atoms in total. The Hall–Kier alpha value is -1.36. The molecule has 5 heteroatoms. The van der Waals surface area contributed by atoms with E-state index in [1.54, 1.807) is 4.68 Å². The van der Waals surface area contributed by atoms with Crippen LogP contribution in [0.25, 0.3) is 0 Å². The molecule has 0 bridgehead atoms. The van der Waals surface area contributed by atoms with Gasteiger partial charge in [-0.3, -0.25) is 9.48 Å². The first-order chi connectivity index (χ1) is 9.69. The van der Waals surface area contributed by atoms with Crippen LogP contribution in [-0.2, 0) is 11.8 Å². The molecule has 2 N–H and O–H groups in total. The summed E-state index contributed by atoms with van der Waals surface area (Å²) in [4.78, 5) is 12.5. The van der Waals surface area contributed by atoms with E-state index in [1.807, 2.05) is 19.4 Å². The van der Waals surface area contributed by atoms with Crippen molar-refractivity contribution in [3.63, 3.8) is 0 Å². The summed E-state index contributed by atoms with van der Waals surface area (Å²) in [5.41, 5.74) is 1.17. The number of hydrogen-bond donors (Lipinski definition) is 2. The third kappa shape index (κ3) is 2.73. The van der Waals surface area contributed by atoms with Crippen molar-refractivity contribution in [1.82, 2.24) is 20.4 Å². The van der Waals surface area contributed by atoms with E-state index < -0.39 is 0 Å². The fourth-order valence-corrected chi connectivity index (χ4v) is 3.34. The highest BCUT2D eigenvalue weighted by Gasteiger charge is 2.41. The molecular formula is C15H24N4O. The molecule has 0 radical (unpaired) electrons. The predicted molar refractivity (Wildman–Crippen MR) is 77.3 cm³/mol. The lowest BCUT2D eigenvalue weighted by atomic mass is 9.90. The first kappa shape index (κ1) is 13.6. The summed E-state index contributed by atoms with van der Waals surface area (Å²) in [6.07, 6.45) is 7.52. The van der Waals surface area contributed by atoms with E-state index in [9.17, 15) is 4.79 Å². The molecule has 1 saturated heterocycles. The van der Waals surface area contributed by atoms with Gasteiger partial charge in [0, 0.05) is 38.3 Å². The van der Waals surface area contributed by atoms with Crippen LogP contribution in [0.2, 0.25) is 0 Å². The number of amides is 1. The van der Waals surface area contributed by atoms with Crippen LogP contribution in [0.4, 0.5) is 0 Å². The molecule has 1 aromatic heterocycles. The Kier molecular flexibility index (Phi) is 3.78. The molecule has 20 heavy (non-hydrogen) atoms. The third-order valence-electron chi connectivity index (χ3n) is 4.61. The van der Waals surface area contributed by atoms with Gasteiger partial charge in [-0.05, 0) is 24.3 Å². The van der Waals surface area contributed by atoms with Gasteiger partial charge in [0.2, 0.25) is 5.91 Å². The van der Waals surface area contributed by atoms with E-state index >= 15 is 0 Å². The molecule has 4 atom stereocenters. The van der Waals surface area contributed by atoms with Crippen molar-refractivity contribution in [2.75, 3.05) is 13.1 Å². The van der Waals surface area contributed by atoms with Crippen LogP contribution in [0.5, 0.6) is 0 Å². The number of hydrogen-bond acceptors (Lipinski definition) is 3. The molecule has 3 rings (SSSR count). The zero-order valence-electron chi connectivity index (χ0n) is 12.3. The Bertz CT molecular complexity index is 484. The second kappa shape index (κ2) is 5.56. The van der Waals surface area contributed by atoms with Crippen LogP contribution in [-0.4, -0.2) is 34.8 Å². The number of carbonyl (C=O) groups excluding carboxylic acids is 1. The molecule has 1 saturated carbocycles. The zero-order chi connectivity index (χ0) is 14.1. The maximum absolute atomic E-state index is 12.5. The summed E-state index contributed by atoms with van der Waals surface area (Å²) in [5.74, 6) is 1.23. The summed E-state index contributed by atoms with van der Waals surface area (Å²) >= 11 is 0. The third-order valence-corrected chi connectivity index (χ3v) is 4.61. The van der Waals surface area contributed by atoms with Gasteiger partial charge < -0.3 is 10.6 Å². The lowest BCUT2D eigenvalue weighted by Crippen LogP contribution is -2.36. The van der Waals surface area contributed by atoms with Gasteiger partial charge in [-0.25, -0.2) is 0 Å². The molecule has 2 heterocycles. The quantitative estimate of drug-likeness (QED) is 0.844. The van der Waals surface area contributed by atoms with Gasteiger partial charge in [0.15, 0.2) is 0 Å². The monoisotopic (exact) mass is 276 g/mol. The van der Waals surface area contributed by atoms with E-state index in [-0.39, 0.29) is 17.7 Å². The minimum atomic E-state index is 0.0436. The number of rotatable bonds is 5. The highest BCUT2D eigenvalue weighted by molar-refractivity contribution is 5.81. The fraction of sp³-hybridized carbons (Fsp3) is 0.733. The molecule has 2 unspecified atom stereocenters. The Labute approximate surface area is 120 Å². The van der Waals surface area contributed by atoms with Gasteiger partial charge in [-0.2, -0.15) is 5.10 Å².